The molecule has 0 radical (unpaired) electrons. The van der Waals surface area contributed by atoms with Crippen LogP contribution in [0.25, 0.3) is 10.9 Å². The van der Waals surface area contributed by atoms with Gasteiger partial charge in [0.2, 0.25) is 5.91 Å². The van der Waals surface area contributed by atoms with Crippen LogP contribution in [-0.4, -0.2) is 47.0 Å². The van der Waals surface area contributed by atoms with Crippen molar-refractivity contribution in [3.05, 3.63) is 60.2 Å². The van der Waals surface area contributed by atoms with Gasteiger partial charge in [-0.25, -0.2) is 9.37 Å². The van der Waals surface area contributed by atoms with Gasteiger partial charge in [-0.2, -0.15) is 0 Å². The molecule has 0 atom stereocenters. The van der Waals surface area contributed by atoms with Gasteiger partial charge in [0.15, 0.2) is 0 Å². The summed E-state index contributed by atoms with van der Waals surface area (Å²) in [6.07, 6.45) is 3.72. The Morgan fingerprint density at radius 1 is 1.12 bits per heavy atom. The molecule has 1 fully saturated rings. The molecule has 2 aromatic heterocycles. The van der Waals surface area contributed by atoms with E-state index in [2.05, 4.69) is 14.9 Å². The highest BCUT2D eigenvalue weighted by Crippen LogP contribution is 2.22. The lowest BCUT2D eigenvalue weighted by Crippen LogP contribution is -2.49. The quantitative estimate of drug-likeness (QED) is 0.799. The fraction of sp³-hybridized carbons (Fsp3) is 0.263. The highest BCUT2D eigenvalue weighted by molar-refractivity contribution is 5.89. The summed E-state index contributed by atoms with van der Waals surface area (Å²) < 4.78 is 14.1. The molecule has 3 aromatic rings. The third kappa shape index (κ3) is 3.07. The number of anilines is 1. The minimum Gasteiger partial charge on any atom is -0.361 e. The van der Waals surface area contributed by atoms with E-state index >= 15 is 0 Å². The maximum atomic E-state index is 14.1. The number of carbonyl (C=O) groups excluding carboxylic acids is 1. The van der Waals surface area contributed by atoms with Gasteiger partial charge < -0.3 is 14.8 Å². The van der Waals surface area contributed by atoms with Crippen molar-refractivity contribution in [3.63, 3.8) is 0 Å². The van der Waals surface area contributed by atoms with E-state index in [9.17, 15) is 9.18 Å². The first kappa shape index (κ1) is 15.6. The van der Waals surface area contributed by atoms with Gasteiger partial charge >= 0.3 is 0 Å². The molecule has 0 spiro atoms. The molecule has 1 aliphatic rings. The van der Waals surface area contributed by atoms with Crippen LogP contribution in [0.3, 0.4) is 0 Å². The molecule has 6 heteroatoms. The van der Waals surface area contributed by atoms with Gasteiger partial charge in [-0.15, -0.1) is 0 Å². The number of rotatable bonds is 3. The molecule has 5 nitrogen and oxygen atoms in total. The minimum absolute atomic E-state index is 0.0322. The molecule has 4 rings (SSSR count). The second-order valence-corrected chi connectivity index (χ2v) is 6.21. The largest absolute Gasteiger partial charge is 0.361 e. The predicted octanol–water partition coefficient (Wildman–Crippen LogP) is 2.59. The van der Waals surface area contributed by atoms with Crippen molar-refractivity contribution in [2.75, 3.05) is 31.1 Å². The van der Waals surface area contributed by atoms with Gasteiger partial charge in [0, 0.05) is 49.5 Å². The lowest BCUT2D eigenvalue weighted by molar-refractivity contribution is -0.130. The van der Waals surface area contributed by atoms with Gasteiger partial charge in [0.05, 0.1) is 6.42 Å². The van der Waals surface area contributed by atoms with E-state index < -0.39 is 0 Å². The SMILES string of the molecule is O=C(Cc1c[nH]c2cccc(F)c12)N1CCN(c2ccccn2)CC1. The molecule has 0 saturated carbocycles. The van der Waals surface area contributed by atoms with E-state index in [0.29, 0.717) is 24.0 Å². The van der Waals surface area contributed by atoms with Crippen LogP contribution >= 0.6 is 0 Å². The number of H-pyrrole nitrogens is 1. The summed E-state index contributed by atoms with van der Waals surface area (Å²) in [5, 5.41) is 0.517. The van der Waals surface area contributed by atoms with Crippen LogP contribution < -0.4 is 4.90 Å². The molecule has 1 N–H and O–H groups in total. The molecule has 3 heterocycles. The monoisotopic (exact) mass is 338 g/mol. The smallest absolute Gasteiger partial charge is 0.227 e. The Hall–Kier alpha value is -2.89. The zero-order valence-corrected chi connectivity index (χ0v) is 13.8. The molecule has 1 aromatic carbocycles. The number of hydrogen-bond donors (Lipinski definition) is 1. The Morgan fingerprint density at radius 3 is 2.72 bits per heavy atom. The number of carbonyl (C=O) groups is 1. The molecule has 1 aliphatic heterocycles. The first-order valence-electron chi connectivity index (χ1n) is 8.40. The number of benzene rings is 1. The number of piperazine rings is 1. The summed E-state index contributed by atoms with van der Waals surface area (Å²) in [6, 6.07) is 10.7. The number of aromatic amines is 1. The summed E-state index contributed by atoms with van der Waals surface area (Å²) in [7, 11) is 0. The van der Waals surface area contributed by atoms with Crippen molar-refractivity contribution in [1.82, 2.24) is 14.9 Å². The molecule has 128 valence electrons. The van der Waals surface area contributed by atoms with Crippen LogP contribution in [0.4, 0.5) is 10.2 Å². The van der Waals surface area contributed by atoms with Crippen molar-refractivity contribution in [2.24, 2.45) is 0 Å². The normalized spacial score (nSPS) is 14.9. The van der Waals surface area contributed by atoms with Crippen LogP contribution in [0.5, 0.6) is 0 Å². The Balaban J connectivity index is 1.42. The first-order chi connectivity index (χ1) is 12.2. The number of fused-ring (bicyclic) bond motifs is 1. The van der Waals surface area contributed by atoms with Crippen LogP contribution in [0, 0.1) is 5.82 Å². The predicted molar refractivity (Wildman–Crippen MR) is 95.0 cm³/mol. The van der Waals surface area contributed by atoms with E-state index in [1.54, 1.807) is 18.5 Å². The van der Waals surface area contributed by atoms with Crippen molar-refractivity contribution in [1.29, 1.82) is 0 Å². The Kier molecular flexibility index (Phi) is 4.09. The van der Waals surface area contributed by atoms with E-state index in [0.717, 1.165) is 24.4 Å². The van der Waals surface area contributed by atoms with Crippen molar-refractivity contribution < 1.29 is 9.18 Å². The zero-order valence-electron chi connectivity index (χ0n) is 13.8. The van der Waals surface area contributed by atoms with Gasteiger partial charge in [-0.3, -0.25) is 4.79 Å². The number of nitrogens with one attached hydrogen (secondary N) is 1. The van der Waals surface area contributed by atoms with Gasteiger partial charge in [-0.05, 0) is 29.8 Å². The standard InChI is InChI=1S/C19H19FN4O/c20-15-4-3-5-16-19(15)14(13-22-16)12-18(25)24-10-8-23(9-11-24)17-6-1-2-7-21-17/h1-7,13,22H,8-12H2. The summed E-state index contributed by atoms with van der Waals surface area (Å²) in [5.74, 6) is 0.680. The Bertz CT molecular complexity index is 885. The average Bonchev–Trinajstić information content (AvgIpc) is 3.07. The van der Waals surface area contributed by atoms with Crippen molar-refractivity contribution >= 4 is 22.6 Å². The highest BCUT2D eigenvalue weighted by Gasteiger charge is 2.23. The average molecular weight is 338 g/mol. The number of amides is 1. The van der Waals surface area contributed by atoms with Crippen LogP contribution in [0.1, 0.15) is 5.56 Å². The molecule has 25 heavy (non-hydrogen) atoms. The minimum atomic E-state index is -0.290. The maximum Gasteiger partial charge on any atom is 0.227 e. The van der Waals surface area contributed by atoms with Gasteiger partial charge in [0.1, 0.15) is 11.6 Å². The van der Waals surface area contributed by atoms with Crippen LogP contribution in [0.15, 0.2) is 48.8 Å². The molecule has 0 unspecified atom stereocenters. The number of pyridine rings is 1. The van der Waals surface area contributed by atoms with Crippen molar-refractivity contribution in [3.8, 4) is 0 Å². The summed E-state index contributed by atoms with van der Waals surface area (Å²) in [5.41, 5.74) is 1.44. The molecule has 1 amide bonds. The number of nitrogens with zero attached hydrogens (tertiary/aromatic N) is 3. The zero-order chi connectivity index (χ0) is 17.2. The summed E-state index contributed by atoms with van der Waals surface area (Å²) >= 11 is 0. The highest BCUT2D eigenvalue weighted by atomic mass is 19.1. The Labute approximate surface area is 145 Å². The molecule has 0 bridgehead atoms. The lowest BCUT2D eigenvalue weighted by atomic mass is 10.1. The number of aromatic nitrogens is 2. The van der Waals surface area contributed by atoms with E-state index in [1.807, 2.05) is 29.2 Å². The van der Waals surface area contributed by atoms with E-state index in [-0.39, 0.29) is 18.1 Å². The molecular weight excluding hydrogens is 319 g/mol. The summed E-state index contributed by atoms with van der Waals surface area (Å²) in [4.78, 5) is 24.0. The number of halogens is 1. The van der Waals surface area contributed by atoms with Gasteiger partial charge in [0.25, 0.3) is 0 Å². The Morgan fingerprint density at radius 2 is 1.96 bits per heavy atom. The molecule has 0 aliphatic carbocycles. The first-order valence-corrected chi connectivity index (χ1v) is 8.40. The van der Waals surface area contributed by atoms with E-state index in [4.69, 9.17) is 0 Å². The number of hydrogen-bond acceptors (Lipinski definition) is 3. The molecule has 1 saturated heterocycles. The van der Waals surface area contributed by atoms with Crippen LogP contribution in [0.2, 0.25) is 0 Å². The van der Waals surface area contributed by atoms with Crippen molar-refractivity contribution in [2.45, 2.75) is 6.42 Å². The summed E-state index contributed by atoms with van der Waals surface area (Å²) in [6.45, 7) is 2.82. The maximum absolute atomic E-state index is 14.1. The topological polar surface area (TPSA) is 52.2 Å². The third-order valence-corrected chi connectivity index (χ3v) is 4.68. The second kappa shape index (κ2) is 6.55. The van der Waals surface area contributed by atoms with E-state index in [1.165, 1.54) is 6.07 Å². The second-order valence-electron chi connectivity index (χ2n) is 6.21. The molecular formula is C19H19FN4O. The third-order valence-electron chi connectivity index (χ3n) is 4.68. The van der Waals surface area contributed by atoms with Gasteiger partial charge in [-0.1, -0.05) is 12.1 Å². The fourth-order valence-corrected chi connectivity index (χ4v) is 3.35. The lowest BCUT2D eigenvalue weighted by Gasteiger charge is -2.35. The fourth-order valence-electron chi connectivity index (χ4n) is 3.35. The van der Waals surface area contributed by atoms with Crippen LogP contribution in [-0.2, 0) is 11.2 Å².